The van der Waals surface area contributed by atoms with Crippen LogP contribution < -0.4 is 5.56 Å². The zero-order valence-electron chi connectivity index (χ0n) is 7.09. The predicted molar refractivity (Wildman–Crippen MR) is 45.7 cm³/mol. The summed E-state index contributed by atoms with van der Waals surface area (Å²) in [6, 6.07) is 5.47. The Labute approximate surface area is 70.7 Å². The molecule has 3 nitrogen and oxygen atoms in total. The molecule has 0 fully saturated rings. The summed E-state index contributed by atoms with van der Waals surface area (Å²) in [5.74, 6) is 0. The Bertz CT molecular complexity index is 371. The van der Waals surface area contributed by atoms with Crippen LogP contribution in [0.15, 0.2) is 23.1 Å². The highest BCUT2D eigenvalue weighted by atomic mass is 16.1. The highest BCUT2D eigenvalue weighted by Crippen LogP contribution is 2.17. The fraction of sp³-hybridized carbons (Fsp3) is 0.333. The Kier molecular flexibility index (Phi) is 2.01. The van der Waals surface area contributed by atoms with Gasteiger partial charge in [0.15, 0.2) is 0 Å². The Morgan fingerprint density at radius 2 is 2.25 bits per heavy atom. The topological polar surface area (TPSA) is 56.6 Å². The van der Waals surface area contributed by atoms with Gasteiger partial charge in [0.1, 0.15) is 0 Å². The summed E-state index contributed by atoms with van der Waals surface area (Å²) in [7, 11) is 0. The molecule has 1 heterocycles. The van der Waals surface area contributed by atoms with Crippen LogP contribution in [0.3, 0.4) is 0 Å². The summed E-state index contributed by atoms with van der Waals surface area (Å²) in [4.78, 5) is 13.8. The third-order valence-electron chi connectivity index (χ3n) is 1.77. The van der Waals surface area contributed by atoms with Crippen molar-refractivity contribution in [2.24, 2.45) is 0 Å². The van der Waals surface area contributed by atoms with Gasteiger partial charge in [0.05, 0.1) is 11.5 Å². The summed E-state index contributed by atoms with van der Waals surface area (Å²) in [5, 5.41) is 8.77. The number of nitrogens with zero attached hydrogens (tertiary/aromatic N) is 1. The first kappa shape index (κ1) is 8.54. The van der Waals surface area contributed by atoms with Gasteiger partial charge in [0.25, 0.3) is 5.56 Å². The average molecular weight is 162 g/mol. The van der Waals surface area contributed by atoms with Gasteiger partial charge in [-0.05, 0) is 19.9 Å². The molecule has 0 aliphatic heterocycles. The molecule has 0 radical (unpaired) electrons. The molecule has 0 unspecified atom stereocenters. The van der Waals surface area contributed by atoms with Crippen molar-refractivity contribution in [1.82, 2.24) is 4.98 Å². The van der Waals surface area contributed by atoms with Crippen LogP contribution in [0.25, 0.3) is 0 Å². The van der Waals surface area contributed by atoms with Gasteiger partial charge >= 0.3 is 0 Å². The molecule has 0 saturated heterocycles. The van der Waals surface area contributed by atoms with E-state index in [9.17, 15) is 4.79 Å². The van der Waals surface area contributed by atoms with Crippen LogP contribution in [0.1, 0.15) is 19.4 Å². The summed E-state index contributed by atoms with van der Waals surface area (Å²) in [6.07, 6.45) is 1.55. The van der Waals surface area contributed by atoms with Crippen molar-refractivity contribution < 1.29 is 0 Å². The minimum absolute atomic E-state index is 0.191. The molecule has 1 aromatic heterocycles. The van der Waals surface area contributed by atoms with E-state index in [0.29, 0.717) is 5.56 Å². The van der Waals surface area contributed by atoms with Gasteiger partial charge < -0.3 is 4.98 Å². The quantitative estimate of drug-likeness (QED) is 0.674. The number of H-pyrrole nitrogens is 1. The number of aromatic nitrogens is 1. The van der Waals surface area contributed by atoms with Gasteiger partial charge in [-0.1, -0.05) is 6.07 Å². The van der Waals surface area contributed by atoms with Crippen LogP contribution in [-0.4, -0.2) is 4.98 Å². The normalized spacial score (nSPS) is 10.8. The van der Waals surface area contributed by atoms with Crippen LogP contribution >= 0.6 is 0 Å². The molecule has 0 aliphatic rings. The standard InChI is InChI=1S/C9H10N2O/c1-9(2,6-10)7-4-3-5-11-8(7)12/h3-5H,1-2H3,(H,11,12). The molecule has 3 heteroatoms. The molecule has 0 amide bonds. The van der Waals surface area contributed by atoms with E-state index in [1.165, 1.54) is 0 Å². The van der Waals surface area contributed by atoms with Gasteiger partial charge in [-0.2, -0.15) is 5.26 Å². The van der Waals surface area contributed by atoms with Crippen LogP contribution in [0, 0.1) is 11.3 Å². The van der Waals surface area contributed by atoms with E-state index < -0.39 is 5.41 Å². The molecular formula is C9H10N2O. The van der Waals surface area contributed by atoms with Crippen LogP contribution in [0.5, 0.6) is 0 Å². The number of hydrogen-bond acceptors (Lipinski definition) is 2. The van der Waals surface area contributed by atoms with E-state index in [1.54, 1.807) is 32.2 Å². The van der Waals surface area contributed by atoms with E-state index in [4.69, 9.17) is 5.26 Å². The lowest BCUT2D eigenvalue weighted by Crippen LogP contribution is -2.25. The fourth-order valence-corrected chi connectivity index (χ4v) is 0.974. The number of nitrogens with one attached hydrogen (secondary N) is 1. The molecule has 12 heavy (non-hydrogen) atoms. The van der Waals surface area contributed by atoms with E-state index in [0.717, 1.165) is 0 Å². The van der Waals surface area contributed by atoms with E-state index in [1.807, 2.05) is 0 Å². The minimum atomic E-state index is -0.713. The second kappa shape index (κ2) is 2.82. The number of hydrogen-bond donors (Lipinski definition) is 1. The lowest BCUT2D eigenvalue weighted by atomic mass is 9.87. The van der Waals surface area contributed by atoms with Crippen molar-refractivity contribution in [3.8, 4) is 6.07 Å². The van der Waals surface area contributed by atoms with Crippen LogP contribution in [0.4, 0.5) is 0 Å². The summed E-state index contributed by atoms with van der Waals surface area (Å²) in [6.45, 7) is 3.44. The monoisotopic (exact) mass is 162 g/mol. The molecule has 0 aromatic carbocycles. The number of pyridine rings is 1. The minimum Gasteiger partial charge on any atom is -0.329 e. The second-order valence-corrected chi connectivity index (χ2v) is 3.15. The summed E-state index contributed by atoms with van der Waals surface area (Å²) in [5.41, 5.74) is -0.397. The van der Waals surface area contributed by atoms with Gasteiger partial charge in [-0.25, -0.2) is 0 Å². The zero-order valence-corrected chi connectivity index (χ0v) is 7.09. The van der Waals surface area contributed by atoms with Crippen molar-refractivity contribution in [3.63, 3.8) is 0 Å². The molecule has 0 aliphatic carbocycles. The van der Waals surface area contributed by atoms with Gasteiger partial charge in [-0.15, -0.1) is 0 Å². The van der Waals surface area contributed by atoms with Crippen molar-refractivity contribution in [2.45, 2.75) is 19.3 Å². The first-order valence-corrected chi connectivity index (χ1v) is 3.67. The van der Waals surface area contributed by atoms with Gasteiger partial charge in [0.2, 0.25) is 0 Å². The third-order valence-corrected chi connectivity index (χ3v) is 1.77. The molecule has 1 aromatic rings. The number of aromatic amines is 1. The van der Waals surface area contributed by atoms with Crippen LogP contribution in [-0.2, 0) is 5.41 Å². The Morgan fingerprint density at radius 1 is 1.58 bits per heavy atom. The molecule has 0 atom stereocenters. The molecular weight excluding hydrogens is 152 g/mol. The maximum absolute atomic E-state index is 11.2. The lowest BCUT2D eigenvalue weighted by Gasteiger charge is -2.13. The molecule has 1 rings (SSSR count). The summed E-state index contributed by atoms with van der Waals surface area (Å²) < 4.78 is 0. The average Bonchev–Trinajstić information content (AvgIpc) is 2.05. The van der Waals surface area contributed by atoms with E-state index >= 15 is 0 Å². The Morgan fingerprint density at radius 3 is 2.75 bits per heavy atom. The first-order valence-electron chi connectivity index (χ1n) is 3.67. The van der Waals surface area contributed by atoms with Crippen molar-refractivity contribution >= 4 is 0 Å². The van der Waals surface area contributed by atoms with Crippen LogP contribution in [0.2, 0.25) is 0 Å². The zero-order chi connectivity index (χ0) is 9.19. The Balaban J connectivity index is 3.32. The molecule has 0 saturated carbocycles. The third kappa shape index (κ3) is 1.37. The van der Waals surface area contributed by atoms with Gasteiger partial charge in [0, 0.05) is 11.8 Å². The molecule has 62 valence electrons. The number of nitriles is 1. The smallest absolute Gasteiger partial charge is 0.252 e. The van der Waals surface area contributed by atoms with Crippen molar-refractivity contribution in [1.29, 1.82) is 5.26 Å². The molecule has 0 bridgehead atoms. The van der Waals surface area contributed by atoms with E-state index in [-0.39, 0.29) is 5.56 Å². The largest absolute Gasteiger partial charge is 0.329 e. The maximum Gasteiger partial charge on any atom is 0.252 e. The highest BCUT2D eigenvalue weighted by Gasteiger charge is 2.22. The predicted octanol–water partition coefficient (Wildman–Crippen LogP) is 1.18. The lowest BCUT2D eigenvalue weighted by molar-refractivity contribution is 0.675. The van der Waals surface area contributed by atoms with E-state index in [2.05, 4.69) is 11.1 Å². The highest BCUT2D eigenvalue weighted by molar-refractivity contribution is 5.26. The second-order valence-electron chi connectivity index (χ2n) is 3.15. The fourth-order valence-electron chi connectivity index (χ4n) is 0.974. The molecule has 0 spiro atoms. The van der Waals surface area contributed by atoms with Gasteiger partial charge in [-0.3, -0.25) is 4.79 Å². The molecule has 1 N–H and O–H groups in total. The summed E-state index contributed by atoms with van der Waals surface area (Å²) >= 11 is 0. The van der Waals surface area contributed by atoms with Crippen molar-refractivity contribution in [2.75, 3.05) is 0 Å². The maximum atomic E-state index is 11.2. The Hall–Kier alpha value is -1.56. The SMILES string of the molecule is CC(C)(C#N)c1ccc[nH]c1=O. The van der Waals surface area contributed by atoms with Crippen molar-refractivity contribution in [3.05, 3.63) is 34.2 Å². The number of rotatable bonds is 1. The first-order chi connectivity index (χ1) is 5.58.